The zero-order chi connectivity index (χ0) is 22.1. The number of hydrogen-bond donors (Lipinski definition) is 3. The summed E-state index contributed by atoms with van der Waals surface area (Å²) in [5, 5.41) is 30.6. The van der Waals surface area contributed by atoms with E-state index in [0.29, 0.717) is 17.5 Å². The second-order valence-electron chi connectivity index (χ2n) is 6.43. The minimum atomic E-state index is -4.29. The lowest BCUT2D eigenvalue weighted by Gasteiger charge is -2.23. The van der Waals surface area contributed by atoms with Crippen LogP contribution in [0.3, 0.4) is 0 Å². The van der Waals surface area contributed by atoms with Crippen LogP contribution in [0.5, 0.6) is 0 Å². The van der Waals surface area contributed by atoms with Crippen LogP contribution in [0.15, 0.2) is 4.79 Å². The predicted octanol–water partition coefficient (Wildman–Crippen LogP) is 0.0894. The Balaban J connectivity index is 2.19. The molecule has 4 N–H and O–H groups in total. The highest BCUT2D eigenvalue weighted by Gasteiger charge is 2.45. The average molecular weight is 446 g/mol. The molecule has 3 atom stereocenters. The highest BCUT2D eigenvalue weighted by Crippen LogP contribution is 2.59. The summed E-state index contributed by atoms with van der Waals surface area (Å²) < 4.78 is 30.7. The fraction of sp³-hybridized carbons (Fsp3) is 0.667. The predicted molar refractivity (Wildman–Crippen MR) is 102 cm³/mol. The number of aliphatic hydroxyl groups excluding tert-OH is 1. The van der Waals surface area contributed by atoms with Crippen LogP contribution in [-0.4, -0.2) is 66.9 Å². The van der Waals surface area contributed by atoms with Gasteiger partial charge in [0.15, 0.2) is 23.1 Å². The maximum absolute atomic E-state index is 13.2. The standard InChI is InChI=1S/C15H23N6O8P/c1-3-27-30(26,28-4-2)14(15(24)25)21-11-10(12(16)18-21)17-19-20(13(11)23)9-6-5-8(7-22)29-9/h8-9,14,22H,3-7H2,1-2H3,(H2,16,18)(H,24,25). The smallest absolute Gasteiger partial charge is 0.366 e. The highest BCUT2D eigenvalue weighted by atomic mass is 31.2. The van der Waals surface area contributed by atoms with Gasteiger partial charge in [0.05, 0.1) is 25.9 Å². The van der Waals surface area contributed by atoms with E-state index in [0.717, 1.165) is 4.68 Å². The van der Waals surface area contributed by atoms with Gasteiger partial charge in [-0.25, -0.2) is 9.48 Å². The van der Waals surface area contributed by atoms with Crippen molar-refractivity contribution in [1.29, 1.82) is 0 Å². The maximum Gasteiger partial charge on any atom is 0.366 e. The van der Waals surface area contributed by atoms with E-state index >= 15 is 0 Å². The van der Waals surface area contributed by atoms with Gasteiger partial charge in [0.2, 0.25) is 0 Å². The summed E-state index contributed by atoms with van der Waals surface area (Å²) in [6.45, 7) is 2.62. The summed E-state index contributed by atoms with van der Waals surface area (Å²) in [7, 11) is -4.29. The van der Waals surface area contributed by atoms with Crippen molar-refractivity contribution >= 4 is 30.4 Å². The molecule has 3 rings (SSSR count). The lowest BCUT2D eigenvalue weighted by atomic mass is 10.2. The largest absolute Gasteiger partial charge is 0.479 e. The van der Waals surface area contributed by atoms with E-state index < -0.39 is 37.2 Å². The fourth-order valence-corrected chi connectivity index (χ4v) is 5.04. The van der Waals surface area contributed by atoms with Gasteiger partial charge in [0.1, 0.15) is 0 Å². The Bertz CT molecular complexity index is 1030. The number of aliphatic hydroxyl groups is 1. The van der Waals surface area contributed by atoms with Crippen LogP contribution in [0, 0.1) is 0 Å². The van der Waals surface area contributed by atoms with Crippen molar-refractivity contribution in [3.8, 4) is 0 Å². The van der Waals surface area contributed by atoms with Crippen LogP contribution < -0.4 is 11.3 Å². The van der Waals surface area contributed by atoms with Crippen molar-refractivity contribution in [2.75, 3.05) is 25.6 Å². The lowest BCUT2D eigenvalue weighted by Crippen LogP contribution is -2.32. The van der Waals surface area contributed by atoms with Gasteiger partial charge in [0.25, 0.3) is 11.3 Å². The summed E-state index contributed by atoms with van der Waals surface area (Å²) >= 11 is 0. The number of aromatic nitrogens is 5. The Morgan fingerprint density at radius 1 is 1.37 bits per heavy atom. The molecule has 0 saturated carbocycles. The lowest BCUT2D eigenvalue weighted by molar-refractivity contribution is -0.139. The number of nitrogens with zero attached hydrogens (tertiary/aromatic N) is 5. The molecule has 0 aromatic carbocycles. The van der Waals surface area contributed by atoms with E-state index in [1.165, 1.54) is 13.8 Å². The summed E-state index contributed by atoms with van der Waals surface area (Å²) in [6, 6.07) is 0. The zero-order valence-corrected chi connectivity index (χ0v) is 17.3. The van der Waals surface area contributed by atoms with Crippen LogP contribution in [0.2, 0.25) is 0 Å². The second kappa shape index (κ2) is 8.78. The van der Waals surface area contributed by atoms with Gasteiger partial charge in [-0.3, -0.25) is 9.36 Å². The van der Waals surface area contributed by atoms with Gasteiger partial charge in [-0.1, -0.05) is 5.21 Å². The molecule has 14 nitrogen and oxygen atoms in total. The molecule has 0 aliphatic carbocycles. The Labute approximate surface area is 170 Å². The molecule has 2 aromatic heterocycles. The summed E-state index contributed by atoms with van der Waals surface area (Å²) in [4.78, 5) is 25.2. The Kier molecular flexibility index (Phi) is 6.53. The second-order valence-corrected chi connectivity index (χ2v) is 8.51. The van der Waals surface area contributed by atoms with Gasteiger partial charge >= 0.3 is 13.6 Å². The first-order valence-electron chi connectivity index (χ1n) is 9.28. The summed E-state index contributed by atoms with van der Waals surface area (Å²) in [5.41, 5.74) is 4.54. The van der Waals surface area contributed by atoms with E-state index in [9.17, 15) is 24.4 Å². The highest BCUT2D eigenvalue weighted by molar-refractivity contribution is 7.55. The number of carbonyl (C=O) groups is 1. The molecule has 1 aliphatic heterocycles. The van der Waals surface area contributed by atoms with E-state index in [-0.39, 0.29) is 36.7 Å². The number of hydrogen-bond acceptors (Lipinski definition) is 11. The SMILES string of the molecule is CCOP(=O)(OCC)C(C(=O)O)n1nc(N)c2nnn(C3CCC(CO)O3)c(=O)c21. The Morgan fingerprint density at radius 3 is 2.57 bits per heavy atom. The van der Waals surface area contributed by atoms with Crippen molar-refractivity contribution in [3.63, 3.8) is 0 Å². The molecule has 166 valence electrons. The topological polar surface area (TPSA) is 194 Å². The Hall–Kier alpha value is -2.38. The van der Waals surface area contributed by atoms with Crippen LogP contribution in [0.1, 0.15) is 38.7 Å². The normalized spacial score (nSPS) is 20.6. The van der Waals surface area contributed by atoms with Gasteiger partial charge < -0.3 is 29.7 Å². The third-order valence-corrected chi connectivity index (χ3v) is 6.77. The number of rotatable bonds is 9. The number of ether oxygens (including phenoxy) is 1. The van der Waals surface area contributed by atoms with Gasteiger partial charge in [0, 0.05) is 0 Å². The molecular formula is C15H23N6O8P. The van der Waals surface area contributed by atoms with Gasteiger partial charge in [-0.05, 0) is 26.7 Å². The number of aliphatic carboxylic acids is 1. The minimum Gasteiger partial charge on any atom is -0.479 e. The molecule has 30 heavy (non-hydrogen) atoms. The molecule has 0 radical (unpaired) electrons. The van der Waals surface area contributed by atoms with Crippen LogP contribution in [0.25, 0.3) is 11.0 Å². The number of nitrogens with two attached hydrogens (primary N) is 1. The Morgan fingerprint density at radius 2 is 2.03 bits per heavy atom. The number of fused-ring (bicyclic) bond motifs is 1. The van der Waals surface area contributed by atoms with E-state index in [1.807, 2.05) is 0 Å². The van der Waals surface area contributed by atoms with Crippen molar-refractivity contribution < 1.29 is 33.4 Å². The first kappa shape index (κ1) is 22.3. The average Bonchev–Trinajstić information content (AvgIpc) is 3.27. The van der Waals surface area contributed by atoms with Crippen molar-refractivity contribution in [2.24, 2.45) is 0 Å². The molecule has 3 unspecified atom stereocenters. The van der Waals surface area contributed by atoms with E-state index in [1.54, 1.807) is 0 Å². The maximum atomic E-state index is 13.2. The summed E-state index contributed by atoms with van der Waals surface area (Å²) in [6.07, 6.45) is -0.397. The molecule has 0 bridgehead atoms. The van der Waals surface area contributed by atoms with Crippen LogP contribution in [0.4, 0.5) is 5.82 Å². The summed E-state index contributed by atoms with van der Waals surface area (Å²) in [5.74, 6) is -3.84. The third-order valence-electron chi connectivity index (χ3n) is 4.49. The number of anilines is 1. The molecule has 3 heterocycles. The van der Waals surface area contributed by atoms with Crippen molar-refractivity contribution in [3.05, 3.63) is 10.4 Å². The van der Waals surface area contributed by atoms with Crippen LogP contribution >= 0.6 is 7.60 Å². The fourth-order valence-electron chi connectivity index (χ4n) is 3.26. The van der Waals surface area contributed by atoms with Gasteiger partial charge in [-0.2, -0.15) is 9.78 Å². The monoisotopic (exact) mass is 446 g/mol. The molecular weight excluding hydrogens is 423 g/mol. The third kappa shape index (κ3) is 3.84. The number of nitrogen functional groups attached to an aromatic ring is 1. The molecule has 1 saturated heterocycles. The first-order valence-corrected chi connectivity index (χ1v) is 10.9. The molecule has 1 aliphatic rings. The zero-order valence-electron chi connectivity index (χ0n) is 16.4. The number of carboxylic acids is 1. The number of carboxylic acid groups (broad SMARTS) is 1. The van der Waals surface area contributed by atoms with Crippen molar-refractivity contribution in [2.45, 2.75) is 44.8 Å². The van der Waals surface area contributed by atoms with E-state index in [2.05, 4.69) is 15.4 Å². The first-order chi connectivity index (χ1) is 14.3. The van der Waals surface area contributed by atoms with Crippen molar-refractivity contribution in [1.82, 2.24) is 24.8 Å². The van der Waals surface area contributed by atoms with E-state index in [4.69, 9.17) is 19.5 Å². The molecule has 0 amide bonds. The van der Waals surface area contributed by atoms with Crippen LogP contribution in [-0.2, 0) is 23.1 Å². The molecule has 0 spiro atoms. The molecule has 15 heteroatoms. The van der Waals surface area contributed by atoms with Gasteiger partial charge in [-0.15, -0.1) is 5.10 Å². The quantitative estimate of drug-likeness (QED) is 0.440. The minimum absolute atomic E-state index is 0.0990. The molecule has 1 fully saturated rings. The molecule has 2 aromatic rings.